The smallest absolute Gasteiger partial charge is 0.220 e. The second-order valence-corrected chi connectivity index (χ2v) is 4.83. The molecule has 78 valence electrons. The zero-order valence-corrected chi connectivity index (χ0v) is 8.88. The summed E-state index contributed by atoms with van der Waals surface area (Å²) < 4.78 is 0. The number of amides is 1. The number of ketones is 1. The molecular weight excluding hydrogens is 178 g/mol. The molecule has 1 saturated heterocycles. The first-order valence-electron chi connectivity index (χ1n) is 5.32. The minimum absolute atomic E-state index is 0.0500. The van der Waals surface area contributed by atoms with E-state index in [0.717, 1.165) is 13.0 Å². The molecule has 1 aliphatic carbocycles. The van der Waals surface area contributed by atoms with Crippen molar-refractivity contribution in [2.75, 3.05) is 6.54 Å². The maximum atomic E-state index is 11.4. The van der Waals surface area contributed by atoms with E-state index in [9.17, 15) is 9.59 Å². The normalized spacial score (nSPS) is 29.0. The van der Waals surface area contributed by atoms with E-state index in [-0.39, 0.29) is 17.7 Å². The van der Waals surface area contributed by atoms with E-state index in [0.29, 0.717) is 5.41 Å². The Morgan fingerprint density at radius 3 is 2.21 bits per heavy atom. The van der Waals surface area contributed by atoms with E-state index in [1.165, 1.54) is 19.3 Å². The van der Waals surface area contributed by atoms with Gasteiger partial charge in [0.15, 0.2) is 5.78 Å². The highest BCUT2D eigenvalue weighted by Gasteiger charge is 2.49. The van der Waals surface area contributed by atoms with Crippen LogP contribution in [0.25, 0.3) is 0 Å². The van der Waals surface area contributed by atoms with Gasteiger partial charge in [-0.3, -0.25) is 9.59 Å². The van der Waals surface area contributed by atoms with Crippen LogP contribution in [0.4, 0.5) is 0 Å². The lowest BCUT2D eigenvalue weighted by Gasteiger charge is -2.37. The summed E-state index contributed by atoms with van der Waals surface area (Å²) >= 11 is 0. The van der Waals surface area contributed by atoms with Crippen molar-refractivity contribution in [3.05, 3.63) is 0 Å². The number of rotatable bonds is 1. The van der Waals surface area contributed by atoms with Crippen molar-refractivity contribution >= 4 is 11.7 Å². The molecule has 1 aliphatic heterocycles. The summed E-state index contributed by atoms with van der Waals surface area (Å²) in [4.78, 5) is 24.5. The largest absolute Gasteiger partial charge is 0.332 e. The van der Waals surface area contributed by atoms with Crippen LogP contribution in [0.3, 0.4) is 0 Å². The van der Waals surface area contributed by atoms with Crippen molar-refractivity contribution in [1.29, 1.82) is 0 Å². The molecule has 1 amide bonds. The predicted octanol–water partition coefficient (Wildman–Crippen LogP) is 1.37. The molecule has 2 rings (SSSR count). The van der Waals surface area contributed by atoms with E-state index >= 15 is 0 Å². The van der Waals surface area contributed by atoms with Gasteiger partial charge >= 0.3 is 0 Å². The first-order valence-corrected chi connectivity index (χ1v) is 5.32. The van der Waals surface area contributed by atoms with Gasteiger partial charge in [0.25, 0.3) is 0 Å². The maximum Gasteiger partial charge on any atom is 0.220 e. The fourth-order valence-corrected chi connectivity index (χ4v) is 2.79. The Kier molecular flexibility index (Phi) is 2.13. The Hall–Kier alpha value is -0.860. The van der Waals surface area contributed by atoms with Crippen LogP contribution in [0.15, 0.2) is 0 Å². The summed E-state index contributed by atoms with van der Waals surface area (Å²) in [6, 6.07) is -0.132. The van der Waals surface area contributed by atoms with Crippen LogP contribution in [0.2, 0.25) is 0 Å². The van der Waals surface area contributed by atoms with E-state index < -0.39 is 0 Å². The Morgan fingerprint density at radius 1 is 1.29 bits per heavy atom. The summed E-state index contributed by atoms with van der Waals surface area (Å²) in [6.07, 6.45) is 4.55. The molecule has 14 heavy (non-hydrogen) atoms. The number of likely N-dealkylation sites (tertiary alicyclic amines) is 1. The Bertz CT molecular complexity index is 257. The number of carbonyl (C=O) groups is 2. The molecule has 1 saturated carbocycles. The highest BCUT2D eigenvalue weighted by Crippen LogP contribution is 2.50. The lowest BCUT2D eigenvalue weighted by Crippen LogP contribution is -2.39. The Labute approximate surface area is 84.5 Å². The molecule has 0 bridgehead atoms. The van der Waals surface area contributed by atoms with Gasteiger partial charge in [0, 0.05) is 13.5 Å². The second-order valence-electron chi connectivity index (χ2n) is 4.83. The van der Waals surface area contributed by atoms with E-state index in [1.54, 1.807) is 18.7 Å². The van der Waals surface area contributed by atoms with Gasteiger partial charge in [-0.2, -0.15) is 0 Å². The molecule has 3 nitrogen and oxygen atoms in total. The standard InChI is InChI=1S/C11H17NO2/c1-8(13)10-6-11(4-3-5-11)7-12(10)9(2)14/h10H,3-7H2,1-2H3. The SMILES string of the molecule is CC(=O)C1CC2(CCC2)CN1C(C)=O. The first kappa shape index (κ1) is 9.69. The maximum absolute atomic E-state index is 11.4. The molecule has 0 N–H and O–H groups in total. The lowest BCUT2D eigenvalue weighted by molar-refractivity contribution is -0.135. The summed E-state index contributed by atoms with van der Waals surface area (Å²) in [5.41, 5.74) is 0.308. The number of Topliss-reactive ketones (excluding diaryl/α,β-unsaturated/α-hetero) is 1. The van der Waals surface area contributed by atoms with Crippen LogP contribution >= 0.6 is 0 Å². The van der Waals surface area contributed by atoms with Crippen LogP contribution < -0.4 is 0 Å². The summed E-state index contributed by atoms with van der Waals surface area (Å²) in [6.45, 7) is 3.97. The Balaban J connectivity index is 2.15. The quantitative estimate of drug-likeness (QED) is 0.633. The third kappa shape index (κ3) is 1.35. The molecule has 0 radical (unpaired) electrons. The third-order valence-electron chi connectivity index (χ3n) is 3.80. The van der Waals surface area contributed by atoms with Crippen LogP contribution in [-0.2, 0) is 9.59 Å². The second kappa shape index (κ2) is 3.07. The molecule has 0 aromatic rings. The number of carbonyl (C=O) groups excluding carboxylic acids is 2. The summed E-state index contributed by atoms with van der Waals surface area (Å²) in [5.74, 6) is 0.193. The molecule has 2 aliphatic rings. The minimum Gasteiger partial charge on any atom is -0.332 e. The fourth-order valence-electron chi connectivity index (χ4n) is 2.79. The van der Waals surface area contributed by atoms with E-state index in [2.05, 4.69) is 0 Å². The highest BCUT2D eigenvalue weighted by molar-refractivity contribution is 5.87. The molecule has 1 spiro atoms. The van der Waals surface area contributed by atoms with Gasteiger partial charge in [-0.05, 0) is 31.6 Å². The van der Waals surface area contributed by atoms with Crippen molar-refractivity contribution < 1.29 is 9.59 Å². The van der Waals surface area contributed by atoms with Crippen molar-refractivity contribution in [1.82, 2.24) is 4.90 Å². The Morgan fingerprint density at radius 2 is 1.93 bits per heavy atom. The van der Waals surface area contributed by atoms with Gasteiger partial charge < -0.3 is 4.90 Å². The first-order chi connectivity index (χ1) is 6.54. The van der Waals surface area contributed by atoms with Gasteiger partial charge in [0.2, 0.25) is 5.91 Å². The third-order valence-corrected chi connectivity index (χ3v) is 3.80. The number of hydrogen-bond acceptors (Lipinski definition) is 2. The molecule has 1 unspecified atom stereocenters. The fraction of sp³-hybridized carbons (Fsp3) is 0.818. The molecule has 1 heterocycles. The van der Waals surface area contributed by atoms with Gasteiger partial charge in [0.1, 0.15) is 0 Å². The zero-order chi connectivity index (χ0) is 10.3. The molecule has 0 aromatic heterocycles. The predicted molar refractivity (Wildman–Crippen MR) is 52.8 cm³/mol. The van der Waals surface area contributed by atoms with Gasteiger partial charge in [-0.1, -0.05) is 6.42 Å². The van der Waals surface area contributed by atoms with Gasteiger partial charge in [-0.25, -0.2) is 0 Å². The number of nitrogens with zero attached hydrogens (tertiary/aromatic N) is 1. The molecular formula is C11H17NO2. The zero-order valence-electron chi connectivity index (χ0n) is 8.88. The molecule has 1 atom stereocenters. The number of hydrogen-bond donors (Lipinski definition) is 0. The average Bonchev–Trinajstić information content (AvgIpc) is 2.42. The summed E-state index contributed by atoms with van der Waals surface area (Å²) in [7, 11) is 0. The highest BCUT2D eigenvalue weighted by atomic mass is 16.2. The van der Waals surface area contributed by atoms with Crippen molar-refractivity contribution in [2.24, 2.45) is 5.41 Å². The van der Waals surface area contributed by atoms with Crippen LogP contribution in [0.5, 0.6) is 0 Å². The summed E-state index contributed by atoms with van der Waals surface area (Å²) in [5, 5.41) is 0. The molecule has 3 heteroatoms. The average molecular weight is 195 g/mol. The molecule has 2 fully saturated rings. The van der Waals surface area contributed by atoms with Crippen molar-refractivity contribution in [2.45, 2.75) is 45.6 Å². The minimum atomic E-state index is -0.132. The van der Waals surface area contributed by atoms with Crippen molar-refractivity contribution in [3.63, 3.8) is 0 Å². The van der Waals surface area contributed by atoms with E-state index in [4.69, 9.17) is 0 Å². The monoisotopic (exact) mass is 195 g/mol. The van der Waals surface area contributed by atoms with Gasteiger partial charge in [0.05, 0.1) is 6.04 Å². The van der Waals surface area contributed by atoms with E-state index in [1.807, 2.05) is 0 Å². The van der Waals surface area contributed by atoms with Crippen molar-refractivity contribution in [3.8, 4) is 0 Å². The van der Waals surface area contributed by atoms with Crippen LogP contribution in [0, 0.1) is 5.41 Å². The van der Waals surface area contributed by atoms with Gasteiger partial charge in [-0.15, -0.1) is 0 Å². The molecule has 0 aromatic carbocycles. The van der Waals surface area contributed by atoms with Crippen LogP contribution in [0.1, 0.15) is 39.5 Å². The van der Waals surface area contributed by atoms with Crippen LogP contribution in [-0.4, -0.2) is 29.2 Å². The topological polar surface area (TPSA) is 37.4 Å². The lowest BCUT2D eigenvalue weighted by atomic mass is 9.67.